The van der Waals surface area contributed by atoms with Crippen LogP contribution in [0, 0.1) is 0 Å². The highest BCUT2D eigenvalue weighted by molar-refractivity contribution is 5.98. The molecule has 0 radical (unpaired) electrons. The molecule has 1 aliphatic heterocycles. The normalized spacial score (nSPS) is 13.9. The van der Waals surface area contributed by atoms with Crippen LogP contribution >= 0.6 is 0 Å². The topological polar surface area (TPSA) is 58.6 Å². The molecule has 1 aromatic rings. The van der Waals surface area contributed by atoms with Gasteiger partial charge in [0, 0.05) is 25.7 Å². The van der Waals surface area contributed by atoms with Crippen molar-refractivity contribution >= 4 is 23.1 Å². The first-order valence-corrected chi connectivity index (χ1v) is 5.86. The molecule has 1 heterocycles. The van der Waals surface area contributed by atoms with Gasteiger partial charge < -0.3 is 15.0 Å². The Labute approximate surface area is 106 Å². The molecule has 0 bridgehead atoms. The Morgan fingerprint density at radius 3 is 2.94 bits per heavy atom. The van der Waals surface area contributed by atoms with Crippen LogP contribution in [0.1, 0.15) is 13.3 Å². The van der Waals surface area contributed by atoms with Gasteiger partial charge in [0.2, 0.25) is 0 Å². The summed E-state index contributed by atoms with van der Waals surface area (Å²) in [5, 5.41) is 3.02. The molecule has 96 valence electrons. The summed E-state index contributed by atoms with van der Waals surface area (Å²) in [4.78, 5) is 24.5. The molecule has 5 nitrogen and oxygen atoms in total. The lowest BCUT2D eigenvalue weighted by atomic mass is 10.2. The minimum atomic E-state index is -0.114. The fourth-order valence-corrected chi connectivity index (χ4v) is 1.87. The van der Waals surface area contributed by atoms with Crippen molar-refractivity contribution in [2.45, 2.75) is 13.3 Å². The number of anilines is 2. The number of carbonyl (C=O) groups is 2. The number of amides is 1. The molecular formula is C13H16N2O3. The summed E-state index contributed by atoms with van der Waals surface area (Å²) < 4.78 is 5.37. The third kappa shape index (κ3) is 2.45. The minimum Gasteiger partial charge on any atom is -0.482 e. The highest BCUT2D eigenvalue weighted by atomic mass is 16.5. The van der Waals surface area contributed by atoms with Crippen molar-refractivity contribution in [1.29, 1.82) is 0 Å². The Morgan fingerprint density at radius 2 is 2.28 bits per heavy atom. The van der Waals surface area contributed by atoms with Gasteiger partial charge in [-0.3, -0.25) is 9.59 Å². The molecule has 1 N–H and O–H groups in total. The molecule has 5 heteroatoms. The van der Waals surface area contributed by atoms with Crippen LogP contribution < -0.4 is 15.0 Å². The number of nitrogens with one attached hydrogen (secondary N) is 1. The van der Waals surface area contributed by atoms with E-state index in [1.807, 2.05) is 25.2 Å². The number of nitrogens with zero attached hydrogens (tertiary/aromatic N) is 1. The third-order valence-corrected chi connectivity index (χ3v) is 2.88. The van der Waals surface area contributed by atoms with E-state index in [1.54, 1.807) is 4.90 Å². The molecule has 0 saturated carbocycles. The number of hydrogen-bond donors (Lipinski definition) is 1. The third-order valence-electron chi connectivity index (χ3n) is 2.88. The molecule has 0 aromatic heterocycles. The first-order valence-electron chi connectivity index (χ1n) is 5.86. The Kier molecular flexibility index (Phi) is 3.50. The van der Waals surface area contributed by atoms with E-state index in [4.69, 9.17) is 4.74 Å². The van der Waals surface area contributed by atoms with E-state index >= 15 is 0 Å². The van der Waals surface area contributed by atoms with Crippen molar-refractivity contribution in [3.05, 3.63) is 18.2 Å². The number of fused-ring (bicyclic) bond motifs is 1. The molecule has 18 heavy (non-hydrogen) atoms. The summed E-state index contributed by atoms with van der Waals surface area (Å²) in [6.07, 6.45) is 0.356. The van der Waals surface area contributed by atoms with Gasteiger partial charge >= 0.3 is 0 Å². The fraction of sp³-hybridized carbons (Fsp3) is 0.385. The predicted octanol–water partition coefficient (Wildman–Crippen LogP) is 1.43. The molecule has 0 spiro atoms. The Bertz CT molecular complexity index is 485. The van der Waals surface area contributed by atoms with E-state index < -0.39 is 0 Å². The van der Waals surface area contributed by atoms with Crippen molar-refractivity contribution in [3.63, 3.8) is 0 Å². The van der Waals surface area contributed by atoms with E-state index in [1.165, 1.54) is 6.92 Å². The Balaban J connectivity index is 2.29. The first kappa shape index (κ1) is 12.4. The molecule has 1 aliphatic rings. The molecule has 0 saturated heterocycles. The molecule has 0 unspecified atom stereocenters. The second kappa shape index (κ2) is 5.08. The molecule has 0 aliphatic carbocycles. The molecule has 2 rings (SSSR count). The zero-order valence-corrected chi connectivity index (χ0v) is 10.5. The number of carbonyl (C=O) groups excluding carboxylic acids is 2. The van der Waals surface area contributed by atoms with E-state index in [9.17, 15) is 9.59 Å². The van der Waals surface area contributed by atoms with Crippen molar-refractivity contribution in [2.75, 3.05) is 30.4 Å². The van der Waals surface area contributed by atoms with Gasteiger partial charge in [-0.05, 0) is 25.1 Å². The number of ketones is 1. The molecule has 0 fully saturated rings. The van der Waals surface area contributed by atoms with Crippen LogP contribution in [0.5, 0.6) is 5.75 Å². The lowest BCUT2D eigenvalue weighted by molar-refractivity contribution is -0.121. The monoisotopic (exact) mass is 248 g/mol. The van der Waals surface area contributed by atoms with E-state index in [-0.39, 0.29) is 18.3 Å². The lowest BCUT2D eigenvalue weighted by Crippen LogP contribution is -2.39. The first-order chi connectivity index (χ1) is 8.61. The maximum atomic E-state index is 11.8. The van der Waals surface area contributed by atoms with E-state index in [2.05, 4.69) is 5.32 Å². The average Bonchev–Trinajstić information content (AvgIpc) is 2.36. The highest BCUT2D eigenvalue weighted by Gasteiger charge is 2.25. The maximum Gasteiger partial charge on any atom is 0.265 e. The molecule has 1 amide bonds. The van der Waals surface area contributed by atoms with Crippen molar-refractivity contribution < 1.29 is 14.3 Å². The fourth-order valence-electron chi connectivity index (χ4n) is 1.87. The predicted molar refractivity (Wildman–Crippen MR) is 69.1 cm³/mol. The summed E-state index contributed by atoms with van der Waals surface area (Å²) in [6, 6.07) is 5.57. The van der Waals surface area contributed by atoms with Crippen LogP contribution in [-0.2, 0) is 9.59 Å². The Hall–Kier alpha value is -2.04. The number of Topliss-reactive ketones (excluding diaryl/α,β-unsaturated/α-hetero) is 1. The van der Waals surface area contributed by atoms with Crippen molar-refractivity contribution in [2.24, 2.45) is 0 Å². The van der Waals surface area contributed by atoms with Gasteiger partial charge in [0.15, 0.2) is 6.61 Å². The highest BCUT2D eigenvalue weighted by Crippen LogP contribution is 2.34. The largest absolute Gasteiger partial charge is 0.482 e. The number of benzene rings is 1. The van der Waals surface area contributed by atoms with Crippen LogP contribution in [0.25, 0.3) is 0 Å². The van der Waals surface area contributed by atoms with E-state index in [0.29, 0.717) is 18.7 Å². The standard InChI is InChI=1S/C13H16N2O3/c1-9(16)5-6-15-11-7-10(14-2)3-4-12(11)18-8-13(15)17/h3-4,7,14H,5-6,8H2,1-2H3. The van der Waals surface area contributed by atoms with Gasteiger partial charge in [-0.25, -0.2) is 0 Å². The minimum absolute atomic E-state index is 0.0316. The van der Waals surface area contributed by atoms with Crippen LogP contribution in [0.2, 0.25) is 0 Å². The number of rotatable bonds is 4. The second-order valence-corrected chi connectivity index (χ2v) is 4.22. The molecule has 1 aromatic carbocycles. The van der Waals surface area contributed by atoms with Crippen LogP contribution in [0.3, 0.4) is 0 Å². The summed E-state index contributed by atoms with van der Waals surface area (Å²) in [5.41, 5.74) is 1.62. The summed E-state index contributed by atoms with van der Waals surface area (Å²) in [6.45, 7) is 1.96. The van der Waals surface area contributed by atoms with E-state index in [0.717, 1.165) is 11.4 Å². The maximum absolute atomic E-state index is 11.8. The molecule has 0 atom stereocenters. The summed E-state index contributed by atoms with van der Waals surface area (Å²) in [7, 11) is 1.81. The smallest absolute Gasteiger partial charge is 0.265 e. The summed E-state index contributed by atoms with van der Waals surface area (Å²) >= 11 is 0. The number of ether oxygens (including phenoxy) is 1. The quantitative estimate of drug-likeness (QED) is 0.875. The van der Waals surface area contributed by atoms with Gasteiger partial charge in [-0.2, -0.15) is 0 Å². The van der Waals surface area contributed by atoms with Crippen LogP contribution in [-0.4, -0.2) is 31.9 Å². The zero-order valence-electron chi connectivity index (χ0n) is 10.5. The van der Waals surface area contributed by atoms with Crippen LogP contribution in [0.15, 0.2) is 18.2 Å². The molecular weight excluding hydrogens is 232 g/mol. The zero-order chi connectivity index (χ0) is 13.1. The average molecular weight is 248 g/mol. The number of hydrogen-bond acceptors (Lipinski definition) is 4. The van der Waals surface area contributed by atoms with Crippen LogP contribution in [0.4, 0.5) is 11.4 Å². The van der Waals surface area contributed by atoms with Gasteiger partial charge in [0.05, 0.1) is 5.69 Å². The van der Waals surface area contributed by atoms with Gasteiger partial charge in [-0.1, -0.05) is 0 Å². The second-order valence-electron chi connectivity index (χ2n) is 4.22. The van der Waals surface area contributed by atoms with Gasteiger partial charge in [-0.15, -0.1) is 0 Å². The summed E-state index contributed by atoms with van der Waals surface area (Å²) in [5.74, 6) is 0.634. The van der Waals surface area contributed by atoms with Gasteiger partial charge in [0.25, 0.3) is 5.91 Å². The SMILES string of the molecule is CNc1ccc2c(c1)N(CCC(C)=O)C(=O)CO2. The van der Waals surface area contributed by atoms with Crippen molar-refractivity contribution in [1.82, 2.24) is 0 Å². The van der Waals surface area contributed by atoms with Crippen molar-refractivity contribution in [3.8, 4) is 5.75 Å². The Morgan fingerprint density at radius 1 is 1.50 bits per heavy atom. The van der Waals surface area contributed by atoms with Gasteiger partial charge in [0.1, 0.15) is 11.5 Å². The lowest BCUT2D eigenvalue weighted by Gasteiger charge is -2.29.